The van der Waals surface area contributed by atoms with Gasteiger partial charge in [0.15, 0.2) is 0 Å². The lowest BCUT2D eigenvalue weighted by Crippen LogP contribution is -2.39. The lowest BCUT2D eigenvalue weighted by molar-refractivity contribution is -0.117. The third-order valence-electron chi connectivity index (χ3n) is 4.74. The van der Waals surface area contributed by atoms with Crippen molar-refractivity contribution in [1.82, 2.24) is 5.32 Å². The van der Waals surface area contributed by atoms with E-state index in [1.165, 1.54) is 19.3 Å². The number of hydrogen-bond acceptors (Lipinski definition) is 3. The molecule has 1 saturated carbocycles. The molecule has 130 valence electrons. The minimum absolute atomic E-state index is 0.0945. The van der Waals surface area contributed by atoms with Crippen LogP contribution in [0.1, 0.15) is 44.9 Å². The van der Waals surface area contributed by atoms with Gasteiger partial charge in [0.1, 0.15) is 5.75 Å². The van der Waals surface area contributed by atoms with Crippen molar-refractivity contribution in [2.24, 2.45) is 0 Å². The molecule has 1 aliphatic carbocycles. The van der Waals surface area contributed by atoms with E-state index in [1.54, 1.807) is 24.1 Å². The molecule has 0 aromatic heterocycles. The Hall–Kier alpha value is -2.24. The highest BCUT2D eigenvalue weighted by atomic mass is 16.5. The number of amides is 3. The summed E-state index contributed by atoms with van der Waals surface area (Å²) in [4.78, 5) is 25.9. The highest BCUT2D eigenvalue weighted by molar-refractivity contribution is 5.98. The molecule has 1 aromatic carbocycles. The standard InChI is InChI=1S/C18H25N3O3/c1-24-16-10-9-14(12-15(16)21-11-5-8-17(21)22)20-18(23)19-13-6-3-2-4-7-13/h9-10,12-13H,2-8,11H2,1H3,(H2,19,20,23). The summed E-state index contributed by atoms with van der Waals surface area (Å²) >= 11 is 0. The van der Waals surface area contributed by atoms with Crippen molar-refractivity contribution in [3.63, 3.8) is 0 Å². The lowest BCUT2D eigenvalue weighted by Gasteiger charge is -2.23. The molecule has 2 N–H and O–H groups in total. The molecule has 1 saturated heterocycles. The van der Waals surface area contributed by atoms with Gasteiger partial charge in [-0.1, -0.05) is 19.3 Å². The number of anilines is 2. The van der Waals surface area contributed by atoms with Crippen LogP contribution < -0.4 is 20.3 Å². The summed E-state index contributed by atoms with van der Waals surface area (Å²) in [6.45, 7) is 0.687. The zero-order valence-corrected chi connectivity index (χ0v) is 14.1. The fourth-order valence-electron chi connectivity index (χ4n) is 3.48. The van der Waals surface area contributed by atoms with Crippen LogP contribution in [-0.2, 0) is 4.79 Å². The van der Waals surface area contributed by atoms with Crippen molar-refractivity contribution in [3.05, 3.63) is 18.2 Å². The number of methoxy groups -OCH3 is 1. The normalized spacial score (nSPS) is 18.5. The van der Waals surface area contributed by atoms with Gasteiger partial charge >= 0.3 is 6.03 Å². The number of rotatable bonds is 4. The first-order valence-electron chi connectivity index (χ1n) is 8.73. The molecule has 6 nitrogen and oxygen atoms in total. The zero-order chi connectivity index (χ0) is 16.9. The van der Waals surface area contributed by atoms with E-state index < -0.39 is 0 Å². The first kappa shape index (κ1) is 16.6. The summed E-state index contributed by atoms with van der Waals surface area (Å²) in [7, 11) is 1.59. The molecule has 1 heterocycles. The molecule has 0 bridgehead atoms. The van der Waals surface area contributed by atoms with Gasteiger partial charge in [-0.25, -0.2) is 4.79 Å². The largest absolute Gasteiger partial charge is 0.495 e. The van der Waals surface area contributed by atoms with Crippen molar-refractivity contribution in [3.8, 4) is 5.75 Å². The minimum Gasteiger partial charge on any atom is -0.495 e. The molecule has 2 aliphatic rings. The number of hydrogen-bond donors (Lipinski definition) is 2. The van der Waals surface area contributed by atoms with Crippen LogP contribution in [0, 0.1) is 0 Å². The second-order valence-corrected chi connectivity index (χ2v) is 6.47. The van der Waals surface area contributed by atoms with Crippen LogP contribution in [-0.4, -0.2) is 31.6 Å². The second kappa shape index (κ2) is 7.55. The summed E-state index contributed by atoms with van der Waals surface area (Å²) < 4.78 is 5.37. The molecule has 0 atom stereocenters. The van der Waals surface area contributed by atoms with Gasteiger partial charge in [0.25, 0.3) is 0 Å². The molecule has 24 heavy (non-hydrogen) atoms. The van der Waals surface area contributed by atoms with E-state index in [9.17, 15) is 9.59 Å². The van der Waals surface area contributed by atoms with Crippen LogP contribution in [0.4, 0.5) is 16.2 Å². The van der Waals surface area contributed by atoms with Gasteiger partial charge in [0, 0.05) is 24.7 Å². The topological polar surface area (TPSA) is 70.7 Å². The van der Waals surface area contributed by atoms with Crippen LogP contribution in [0.2, 0.25) is 0 Å². The van der Waals surface area contributed by atoms with Gasteiger partial charge in [-0.3, -0.25) is 4.79 Å². The Labute approximate surface area is 142 Å². The van der Waals surface area contributed by atoms with Gasteiger partial charge in [0.2, 0.25) is 5.91 Å². The van der Waals surface area contributed by atoms with Crippen LogP contribution in [0.15, 0.2) is 18.2 Å². The van der Waals surface area contributed by atoms with Crippen molar-refractivity contribution < 1.29 is 14.3 Å². The fourth-order valence-corrected chi connectivity index (χ4v) is 3.48. The van der Waals surface area contributed by atoms with Gasteiger partial charge in [-0.15, -0.1) is 0 Å². The average Bonchev–Trinajstić information content (AvgIpc) is 3.01. The number of nitrogens with zero attached hydrogens (tertiary/aromatic N) is 1. The fraction of sp³-hybridized carbons (Fsp3) is 0.556. The van der Waals surface area contributed by atoms with E-state index in [0.717, 1.165) is 24.9 Å². The van der Waals surface area contributed by atoms with E-state index in [4.69, 9.17) is 4.74 Å². The Morgan fingerprint density at radius 1 is 1.21 bits per heavy atom. The van der Waals surface area contributed by atoms with Crippen molar-refractivity contribution >= 4 is 23.3 Å². The van der Waals surface area contributed by atoms with E-state index in [-0.39, 0.29) is 18.0 Å². The lowest BCUT2D eigenvalue weighted by atomic mass is 9.96. The predicted molar refractivity (Wildman–Crippen MR) is 93.6 cm³/mol. The van der Waals surface area contributed by atoms with Gasteiger partial charge in [-0.2, -0.15) is 0 Å². The maximum Gasteiger partial charge on any atom is 0.319 e. The Balaban J connectivity index is 1.69. The van der Waals surface area contributed by atoms with E-state index in [2.05, 4.69) is 10.6 Å². The third kappa shape index (κ3) is 3.80. The first-order valence-corrected chi connectivity index (χ1v) is 8.73. The number of carbonyl (C=O) groups excluding carboxylic acids is 2. The molecule has 3 amide bonds. The monoisotopic (exact) mass is 331 g/mol. The van der Waals surface area contributed by atoms with Crippen LogP contribution in [0.5, 0.6) is 5.75 Å². The van der Waals surface area contributed by atoms with E-state index in [0.29, 0.717) is 24.4 Å². The Morgan fingerprint density at radius 3 is 2.67 bits per heavy atom. The smallest absolute Gasteiger partial charge is 0.319 e. The van der Waals surface area contributed by atoms with Gasteiger partial charge in [-0.05, 0) is 37.5 Å². The highest BCUT2D eigenvalue weighted by Gasteiger charge is 2.25. The Kier molecular flexibility index (Phi) is 5.23. The number of urea groups is 1. The van der Waals surface area contributed by atoms with Crippen molar-refractivity contribution in [2.45, 2.75) is 51.0 Å². The maximum absolute atomic E-state index is 12.2. The predicted octanol–water partition coefficient (Wildman–Crippen LogP) is 3.28. The van der Waals surface area contributed by atoms with Gasteiger partial charge in [0.05, 0.1) is 12.8 Å². The Morgan fingerprint density at radius 2 is 2.00 bits per heavy atom. The molecule has 0 unspecified atom stereocenters. The number of nitrogens with one attached hydrogen (secondary N) is 2. The molecule has 0 spiro atoms. The number of carbonyl (C=O) groups is 2. The average molecular weight is 331 g/mol. The van der Waals surface area contributed by atoms with Crippen molar-refractivity contribution in [1.29, 1.82) is 0 Å². The summed E-state index contributed by atoms with van der Waals surface area (Å²) in [5, 5.41) is 5.91. The van der Waals surface area contributed by atoms with Gasteiger partial charge < -0.3 is 20.3 Å². The van der Waals surface area contributed by atoms with Crippen LogP contribution in [0.3, 0.4) is 0 Å². The molecule has 3 rings (SSSR count). The number of benzene rings is 1. The minimum atomic E-state index is -0.189. The van der Waals surface area contributed by atoms with Crippen LogP contribution >= 0.6 is 0 Å². The summed E-state index contributed by atoms with van der Waals surface area (Å²) in [6.07, 6.45) is 7.10. The van der Waals surface area contributed by atoms with E-state index in [1.807, 2.05) is 6.07 Å². The molecule has 0 radical (unpaired) electrons. The highest BCUT2D eigenvalue weighted by Crippen LogP contribution is 2.34. The Bertz CT molecular complexity index is 612. The first-order chi connectivity index (χ1) is 11.7. The molecule has 2 fully saturated rings. The van der Waals surface area contributed by atoms with Crippen LogP contribution in [0.25, 0.3) is 0 Å². The molecule has 1 aliphatic heterocycles. The summed E-state index contributed by atoms with van der Waals surface area (Å²) in [5.74, 6) is 0.737. The molecule has 6 heteroatoms. The molecular formula is C18H25N3O3. The molecule has 1 aromatic rings. The summed E-state index contributed by atoms with van der Waals surface area (Å²) in [5.41, 5.74) is 1.38. The molecular weight excluding hydrogens is 306 g/mol. The zero-order valence-electron chi connectivity index (χ0n) is 14.1. The second-order valence-electron chi connectivity index (χ2n) is 6.47. The van der Waals surface area contributed by atoms with Crippen molar-refractivity contribution in [2.75, 3.05) is 23.9 Å². The third-order valence-corrected chi connectivity index (χ3v) is 4.74. The quantitative estimate of drug-likeness (QED) is 0.889. The maximum atomic E-state index is 12.2. The SMILES string of the molecule is COc1ccc(NC(=O)NC2CCCCC2)cc1N1CCCC1=O. The van der Waals surface area contributed by atoms with E-state index >= 15 is 0 Å². The summed E-state index contributed by atoms with van der Waals surface area (Å²) in [6, 6.07) is 5.46. The number of ether oxygens (including phenoxy) is 1.